The molecule has 0 saturated heterocycles. The lowest BCUT2D eigenvalue weighted by atomic mass is 9.87. The van der Waals surface area contributed by atoms with E-state index >= 15 is 0 Å². The molecule has 40 heavy (non-hydrogen) atoms. The Hall–Kier alpha value is -2.86. The Morgan fingerprint density at radius 3 is 1.98 bits per heavy atom. The first-order valence-electron chi connectivity index (χ1n) is 14.1. The van der Waals surface area contributed by atoms with Gasteiger partial charge < -0.3 is 39.1 Å². The molecule has 12 heteroatoms. The molecule has 4 atom stereocenters. The third kappa shape index (κ3) is 12.5. The minimum absolute atomic E-state index is 0.112. The lowest BCUT2D eigenvalue weighted by Crippen LogP contribution is -2.33. The third-order valence-corrected chi connectivity index (χ3v) is 7.17. The molecule has 0 spiro atoms. The van der Waals surface area contributed by atoms with Gasteiger partial charge in [-0.1, -0.05) is 20.4 Å². The molecule has 2 aliphatic rings. The molecular weight excluding hydrogens is 524 g/mol. The number of nitrogens with one attached hydrogen (secondary N) is 2. The maximum absolute atomic E-state index is 12.0. The Kier molecular flexibility index (Phi) is 15.4. The fourth-order valence-corrected chi connectivity index (χ4v) is 5.24. The fourth-order valence-electron chi connectivity index (χ4n) is 5.24. The zero-order valence-electron chi connectivity index (χ0n) is 24.1. The van der Waals surface area contributed by atoms with Crippen molar-refractivity contribution < 1.29 is 47.6 Å². The number of ether oxygens (including phenoxy) is 6. The predicted molar refractivity (Wildman–Crippen MR) is 144 cm³/mol. The van der Waals surface area contributed by atoms with E-state index in [1.54, 1.807) is 20.8 Å². The van der Waals surface area contributed by atoms with Crippen molar-refractivity contribution in [3.8, 4) is 0 Å². The molecule has 2 N–H and O–H groups in total. The van der Waals surface area contributed by atoms with Crippen molar-refractivity contribution in [3.63, 3.8) is 0 Å². The zero-order valence-corrected chi connectivity index (χ0v) is 24.1. The van der Waals surface area contributed by atoms with E-state index in [4.69, 9.17) is 28.4 Å². The first-order valence-corrected chi connectivity index (χ1v) is 14.1. The maximum atomic E-state index is 12.0. The largest absolute Gasteiger partial charge is 0.463 e. The lowest BCUT2D eigenvalue weighted by Gasteiger charge is -2.22. The fraction of sp³-hybridized carbons (Fsp3) is 0.786. The van der Waals surface area contributed by atoms with Crippen molar-refractivity contribution in [2.45, 2.75) is 46.5 Å². The van der Waals surface area contributed by atoms with Gasteiger partial charge in [-0.15, -0.1) is 0 Å². The van der Waals surface area contributed by atoms with Crippen molar-refractivity contribution in [1.29, 1.82) is 0 Å². The Labute approximate surface area is 236 Å². The second-order valence-electron chi connectivity index (χ2n) is 10.5. The smallest absolute Gasteiger partial charge is 0.407 e. The van der Waals surface area contributed by atoms with E-state index in [1.165, 1.54) is 6.42 Å². The average molecular weight is 571 g/mol. The molecule has 0 aromatic heterocycles. The number of fused-ring (bicyclic) bond motifs is 2. The van der Waals surface area contributed by atoms with Crippen LogP contribution in [0, 0.1) is 29.6 Å². The first-order chi connectivity index (χ1) is 19.2. The maximum Gasteiger partial charge on any atom is 0.407 e. The van der Waals surface area contributed by atoms with Crippen LogP contribution in [0.1, 0.15) is 46.5 Å². The molecule has 2 amide bonds. The molecule has 2 bridgehead atoms. The molecule has 2 rings (SSSR count). The second-order valence-corrected chi connectivity index (χ2v) is 10.5. The standard InChI is InChI=1S/C28H46N2O10/c1-19(2)25(31)37-13-9-35-11-15-39-27(33)29-8-7-24-21-5-6-23(24)22(17-21)18-30-28(34)40-16-12-36-10-14-38-26(32)20(3)4/h19,21-24H,3,5-18H2,1-2,4H3,(H,29,33)(H,30,34). The predicted octanol–water partition coefficient (Wildman–Crippen LogP) is 2.84. The molecule has 0 radical (unpaired) electrons. The summed E-state index contributed by atoms with van der Waals surface area (Å²) in [5, 5.41) is 5.67. The van der Waals surface area contributed by atoms with Gasteiger partial charge in [-0.25, -0.2) is 14.4 Å². The van der Waals surface area contributed by atoms with Gasteiger partial charge >= 0.3 is 24.1 Å². The Morgan fingerprint density at radius 1 is 0.800 bits per heavy atom. The monoisotopic (exact) mass is 570 g/mol. The number of hydrogen-bond donors (Lipinski definition) is 2. The number of esters is 2. The third-order valence-electron chi connectivity index (χ3n) is 7.17. The highest BCUT2D eigenvalue weighted by Crippen LogP contribution is 2.53. The van der Waals surface area contributed by atoms with Crippen molar-refractivity contribution in [3.05, 3.63) is 12.2 Å². The van der Waals surface area contributed by atoms with E-state index < -0.39 is 18.2 Å². The van der Waals surface area contributed by atoms with E-state index in [9.17, 15) is 19.2 Å². The molecule has 228 valence electrons. The number of alkyl carbamates (subject to hydrolysis) is 2. The number of hydrogen-bond acceptors (Lipinski definition) is 10. The summed E-state index contributed by atoms with van der Waals surface area (Å²) in [5.74, 6) is 1.15. The van der Waals surface area contributed by atoms with Crippen molar-refractivity contribution in [1.82, 2.24) is 10.6 Å². The Bertz CT molecular complexity index is 834. The summed E-state index contributed by atoms with van der Waals surface area (Å²) in [6.07, 6.45) is 3.32. The van der Waals surface area contributed by atoms with Crippen LogP contribution in [0.4, 0.5) is 9.59 Å². The zero-order chi connectivity index (χ0) is 29.3. The van der Waals surface area contributed by atoms with Gasteiger partial charge in [-0.3, -0.25) is 4.79 Å². The highest BCUT2D eigenvalue weighted by Gasteiger charge is 2.47. The van der Waals surface area contributed by atoms with Gasteiger partial charge in [0.15, 0.2) is 0 Å². The second kappa shape index (κ2) is 18.5. The molecule has 0 aromatic rings. The van der Waals surface area contributed by atoms with E-state index in [2.05, 4.69) is 17.2 Å². The molecule has 0 heterocycles. The normalized spacial score (nSPS) is 21.1. The van der Waals surface area contributed by atoms with Gasteiger partial charge in [-0.05, 0) is 56.3 Å². The van der Waals surface area contributed by atoms with Gasteiger partial charge in [0.05, 0.1) is 32.3 Å². The SMILES string of the molecule is C=C(C)C(=O)OCCOCCOC(=O)NCC1CC2CCC1C2CCNC(=O)OCCOCCOC(=O)C(C)C. The molecule has 2 aliphatic carbocycles. The van der Waals surface area contributed by atoms with E-state index in [0.29, 0.717) is 42.3 Å². The summed E-state index contributed by atoms with van der Waals surface area (Å²) in [4.78, 5) is 46.6. The lowest BCUT2D eigenvalue weighted by molar-refractivity contribution is -0.149. The number of carbonyl (C=O) groups is 4. The molecule has 2 saturated carbocycles. The van der Waals surface area contributed by atoms with Gasteiger partial charge in [0.1, 0.15) is 26.4 Å². The van der Waals surface area contributed by atoms with Crippen LogP contribution in [0.2, 0.25) is 0 Å². The van der Waals surface area contributed by atoms with Crippen LogP contribution in [-0.2, 0) is 38.0 Å². The van der Waals surface area contributed by atoms with E-state index in [0.717, 1.165) is 19.3 Å². The molecule has 0 aromatic carbocycles. The quantitative estimate of drug-likeness (QED) is 0.103. The van der Waals surface area contributed by atoms with Crippen LogP contribution >= 0.6 is 0 Å². The van der Waals surface area contributed by atoms with Crippen molar-refractivity contribution in [2.24, 2.45) is 29.6 Å². The van der Waals surface area contributed by atoms with Gasteiger partial charge in [0.25, 0.3) is 0 Å². The summed E-state index contributed by atoms with van der Waals surface area (Å²) in [7, 11) is 0. The number of carbonyl (C=O) groups excluding carboxylic acids is 4. The number of amides is 2. The average Bonchev–Trinajstić information content (AvgIpc) is 3.46. The van der Waals surface area contributed by atoms with E-state index in [-0.39, 0.29) is 64.7 Å². The molecular formula is C28H46N2O10. The summed E-state index contributed by atoms with van der Waals surface area (Å²) in [6, 6.07) is 0. The van der Waals surface area contributed by atoms with Crippen molar-refractivity contribution in [2.75, 3.05) is 65.9 Å². The van der Waals surface area contributed by atoms with Crippen molar-refractivity contribution >= 4 is 24.1 Å². The molecule has 12 nitrogen and oxygen atoms in total. The van der Waals surface area contributed by atoms with Crippen LogP contribution in [0.15, 0.2) is 12.2 Å². The van der Waals surface area contributed by atoms with Crippen LogP contribution in [0.5, 0.6) is 0 Å². The minimum atomic E-state index is -0.474. The Morgan fingerprint density at radius 2 is 1.38 bits per heavy atom. The summed E-state index contributed by atoms with van der Waals surface area (Å²) < 4.78 is 30.8. The minimum Gasteiger partial charge on any atom is -0.463 e. The molecule has 2 fully saturated rings. The highest BCUT2D eigenvalue weighted by atomic mass is 16.6. The van der Waals surface area contributed by atoms with Gasteiger partial charge in [0.2, 0.25) is 0 Å². The first kappa shape index (κ1) is 33.3. The van der Waals surface area contributed by atoms with Gasteiger partial charge in [-0.2, -0.15) is 0 Å². The van der Waals surface area contributed by atoms with Crippen LogP contribution in [0.3, 0.4) is 0 Å². The van der Waals surface area contributed by atoms with Crippen LogP contribution in [-0.4, -0.2) is 90.1 Å². The Balaban J connectivity index is 1.48. The topological polar surface area (TPSA) is 148 Å². The highest BCUT2D eigenvalue weighted by molar-refractivity contribution is 5.86. The summed E-state index contributed by atoms with van der Waals surface area (Å²) >= 11 is 0. The van der Waals surface area contributed by atoms with Crippen LogP contribution in [0.25, 0.3) is 0 Å². The van der Waals surface area contributed by atoms with Gasteiger partial charge in [0, 0.05) is 18.7 Å². The summed E-state index contributed by atoms with van der Waals surface area (Å²) in [6.45, 7) is 11.2. The number of rotatable bonds is 19. The molecule has 0 aliphatic heterocycles. The molecule has 4 unspecified atom stereocenters. The summed E-state index contributed by atoms with van der Waals surface area (Å²) in [5.41, 5.74) is 0.331. The van der Waals surface area contributed by atoms with E-state index in [1.807, 2.05) is 0 Å². The van der Waals surface area contributed by atoms with Crippen LogP contribution < -0.4 is 10.6 Å².